The lowest BCUT2D eigenvalue weighted by Gasteiger charge is -2.23. The van der Waals surface area contributed by atoms with Crippen molar-refractivity contribution < 1.29 is 0 Å². The summed E-state index contributed by atoms with van der Waals surface area (Å²) in [6.45, 7) is 4.27. The first-order chi connectivity index (χ1) is 8.14. The number of benzene rings is 1. The first-order valence-electron chi connectivity index (χ1n) is 5.71. The molecule has 1 aromatic carbocycles. The maximum absolute atomic E-state index is 4.52. The Labute approximate surface area is 102 Å². The quantitative estimate of drug-likeness (QED) is 0.876. The highest BCUT2D eigenvalue weighted by atomic mass is 15.0. The van der Waals surface area contributed by atoms with Crippen LogP contribution in [-0.2, 0) is 5.41 Å². The van der Waals surface area contributed by atoms with Crippen molar-refractivity contribution >= 4 is 5.82 Å². The predicted molar refractivity (Wildman–Crippen MR) is 70.1 cm³/mol. The van der Waals surface area contributed by atoms with Gasteiger partial charge < -0.3 is 5.32 Å². The summed E-state index contributed by atoms with van der Waals surface area (Å²) in [6, 6.07) is 12.2. The third-order valence-electron chi connectivity index (χ3n) is 2.97. The van der Waals surface area contributed by atoms with E-state index in [2.05, 4.69) is 41.3 Å². The average Bonchev–Trinajstić information content (AvgIpc) is 2.40. The molecular weight excluding hydrogens is 210 g/mol. The number of hydrogen-bond acceptors (Lipinski definition) is 3. The SMILES string of the molecule is CNc1ccnc(C(C)(C)c2ccccc2)n1. The molecule has 0 atom stereocenters. The van der Waals surface area contributed by atoms with Crippen LogP contribution in [-0.4, -0.2) is 17.0 Å². The molecule has 0 aliphatic rings. The monoisotopic (exact) mass is 227 g/mol. The van der Waals surface area contributed by atoms with Crippen molar-refractivity contribution in [3.8, 4) is 0 Å². The van der Waals surface area contributed by atoms with Crippen molar-refractivity contribution in [3.63, 3.8) is 0 Å². The van der Waals surface area contributed by atoms with Crippen molar-refractivity contribution in [1.82, 2.24) is 9.97 Å². The van der Waals surface area contributed by atoms with Gasteiger partial charge in [0.2, 0.25) is 0 Å². The smallest absolute Gasteiger partial charge is 0.140 e. The highest BCUT2D eigenvalue weighted by Crippen LogP contribution is 2.28. The lowest BCUT2D eigenvalue weighted by atomic mass is 9.84. The molecule has 1 aromatic heterocycles. The zero-order valence-corrected chi connectivity index (χ0v) is 10.4. The van der Waals surface area contributed by atoms with Gasteiger partial charge in [-0.05, 0) is 25.5 Å². The lowest BCUT2D eigenvalue weighted by Crippen LogP contribution is -2.22. The van der Waals surface area contributed by atoms with Gasteiger partial charge in [0, 0.05) is 18.7 Å². The number of aromatic nitrogens is 2. The fourth-order valence-corrected chi connectivity index (χ4v) is 1.78. The zero-order chi connectivity index (χ0) is 12.3. The third-order valence-corrected chi connectivity index (χ3v) is 2.97. The van der Waals surface area contributed by atoms with Crippen LogP contribution >= 0.6 is 0 Å². The summed E-state index contributed by atoms with van der Waals surface area (Å²) in [5.74, 6) is 1.68. The van der Waals surface area contributed by atoms with Gasteiger partial charge in [-0.15, -0.1) is 0 Å². The van der Waals surface area contributed by atoms with Crippen LogP contribution in [0.25, 0.3) is 0 Å². The molecule has 1 N–H and O–H groups in total. The Balaban J connectivity index is 2.44. The summed E-state index contributed by atoms with van der Waals surface area (Å²) in [5.41, 5.74) is 1.03. The van der Waals surface area contributed by atoms with E-state index in [0.717, 1.165) is 11.6 Å². The molecule has 0 amide bonds. The van der Waals surface area contributed by atoms with Gasteiger partial charge in [0.15, 0.2) is 0 Å². The molecule has 1 heterocycles. The molecule has 2 aromatic rings. The van der Waals surface area contributed by atoms with Crippen LogP contribution in [0.4, 0.5) is 5.82 Å². The largest absolute Gasteiger partial charge is 0.373 e. The van der Waals surface area contributed by atoms with Crippen LogP contribution in [0.15, 0.2) is 42.6 Å². The van der Waals surface area contributed by atoms with Crippen molar-refractivity contribution in [2.45, 2.75) is 19.3 Å². The van der Waals surface area contributed by atoms with Gasteiger partial charge in [-0.2, -0.15) is 0 Å². The van der Waals surface area contributed by atoms with Crippen LogP contribution < -0.4 is 5.32 Å². The second-order valence-corrected chi connectivity index (χ2v) is 4.51. The van der Waals surface area contributed by atoms with Crippen LogP contribution in [0.5, 0.6) is 0 Å². The molecule has 3 nitrogen and oxygen atoms in total. The fourth-order valence-electron chi connectivity index (χ4n) is 1.78. The van der Waals surface area contributed by atoms with Crippen LogP contribution in [0.1, 0.15) is 25.2 Å². The second kappa shape index (κ2) is 4.53. The van der Waals surface area contributed by atoms with E-state index in [1.165, 1.54) is 5.56 Å². The highest BCUT2D eigenvalue weighted by molar-refractivity contribution is 5.36. The van der Waals surface area contributed by atoms with Crippen molar-refractivity contribution in [2.24, 2.45) is 0 Å². The van der Waals surface area contributed by atoms with Gasteiger partial charge in [-0.1, -0.05) is 30.3 Å². The van der Waals surface area contributed by atoms with E-state index < -0.39 is 0 Å². The molecule has 0 saturated heterocycles. The van der Waals surface area contributed by atoms with Crippen molar-refractivity contribution in [2.75, 3.05) is 12.4 Å². The summed E-state index contributed by atoms with van der Waals surface area (Å²) < 4.78 is 0. The summed E-state index contributed by atoms with van der Waals surface area (Å²) in [4.78, 5) is 8.90. The molecule has 0 aliphatic heterocycles. The molecule has 3 heteroatoms. The minimum atomic E-state index is -0.186. The standard InChI is InChI=1S/C14H17N3/c1-14(2,11-7-5-4-6-8-11)13-16-10-9-12(15-3)17-13/h4-10H,1-3H3,(H,15,16,17). The first kappa shape index (κ1) is 11.6. The van der Waals surface area contributed by atoms with E-state index >= 15 is 0 Å². The minimum Gasteiger partial charge on any atom is -0.373 e. The van der Waals surface area contributed by atoms with E-state index in [-0.39, 0.29) is 5.41 Å². The Bertz CT molecular complexity index is 492. The van der Waals surface area contributed by atoms with Gasteiger partial charge >= 0.3 is 0 Å². The van der Waals surface area contributed by atoms with Crippen LogP contribution in [0, 0.1) is 0 Å². The van der Waals surface area contributed by atoms with Gasteiger partial charge in [0.05, 0.1) is 0 Å². The van der Waals surface area contributed by atoms with Crippen LogP contribution in [0.2, 0.25) is 0 Å². The molecule has 0 aliphatic carbocycles. The number of anilines is 1. The normalized spacial score (nSPS) is 11.2. The van der Waals surface area contributed by atoms with E-state index in [0.29, 0.717) is 0 Å². The second-order valence-electron chi connectivity index (χ2n) is 4.51. The summed E-state index contributed by atoms with van der Waals surface area (Å²) in [5, 5.41) is 3.04. The molecule has 0 fully saturated rings. The highest BCUT2D eigenvalue weighted by Gasteiger charge is 2.26. The molecule has 88 valence electrons. The Hall–Kier alpha value is -1.90. The molecule has 0 spiro atoms. The Morgan fingerprint density at radius 3 is 2.41 bits per heavy atom. The summed E-state index contributed by atoms with van der Waals surface area (Å²) >= 11 is 0. The van der Waals surface area contributed by atoms with Gasteiger partial charge in [0.25, 0.3) is 0 Å². The molecule has 0 radical (unpaired) electrons. The minimum absolute atomic E-state index is 0.186. The number of nitrogens with one attached hydrogen (secondary N) is 1. The molecule has 2 rings (SSSR count). The summed E-state index contributed by atoms with van der Waals surface area (Å²) in [7, 11) is 1.86. The Kier molecular flexibility index (Phi) is 3.09. The predicted octanol–water partition coefficient (Wildman–Crippen LogP) is 2.84. The van der Waals surface area contributed by atoms with E-state index in [1.807, 2.05) is 31.3 Å². The number of hydrogen-bond donors (Lipinski definition) is 1. The Morgan fingerprint density at radius 1 is 1.06 bits per heavy atom. The lowest BCUT2D eigenvalue weighted by molar-refractivity contribution is 0.591. The number of nitrogens with zero attached hydrogens (tertiary/aromatic N) is 2. The zero-order valence-electron chi connectivity index (χ0n) is 10.4. The molecule has 0 unspecified atom stereocenters. The average molecular weight is 227 g/mol. The molecule has 0 saturated carbocycles. The third kappa shape index (κ3) is 2.28. The molecule has 17 heavy (non-hydrogen) atoms. The first-order valence-corrected chi connectivity index (χ1v) is 5.71. The summed E-state index contributed by atoms with van der Waals surface area (Å²) in [6.07, 6.45) is 1.79. The topological polar surface area (TPSA) is 37.8 Å². The Morgan fingerprint density at radius 2 is 1.76 bits per heavy atom. The van der Waals surface area contributed by atoms with E-state index in [9.17, 15) is 0 Å². The van der Waals surface area contributed by atoms with Crippen LogP contribution in [0.3, 0.4) is 0 Å². The van der Waals surface area contributed by atoms with E-state index in [4.69, 9.17) is 0 Å². The van der Waals surface area contributed by atoms with Gasteiger partial charge in [-0.3, -0.25) is 0 Å². The van der Waals surface area contributed by atoms with E-state index in [1.54, 1.807) is 6.20 Å². The maximum atomic E-state index is 4.52. The molecule has 0 bridgehead atoms. The van der Waals surface area contributed by atoms with Crippen molar-refractivity contribution in [1.29, 1.82) is 0 Å². The number of rotatable bonds is 3. The maximum Gasteiger partial charge on any atom is 0.140 e. The fraction of sp³-hybridized carbons (Fsp3) is 0.286. The van der Waals surface area contributed by atoms with Gasteiger partial charge in [0.1, 0.15) is 11.6 Å². The van der Waals surface area contributed by atoms with Crippen molar-refractivity contribution in [3.05, 3.63) is 54.0 Å². The molecular formula is C14H17N3. The van der Waals surface area contributed by atoms with Gasteiger partial charge in [-0.25, -0.2) is 9.97 Å².